The Kier molecular flexibility index (Phi) is 4.34. The molecule has 0 aliphatic carbocycles. The van der Waals surface area contributed by atoms with Crippen LogP contribution >= 0.6 is 15.9 Å². The highest BCUT2D eigenvalue weighted by molar-refractivity contribution is 9.10. The van der Waals surface area contributed by atoms with E-state index in [-0.39, 0.29) is 5.75 Å². The van der Waals surface area contributed by atoms with E-state index in [4.69, 9.17) is 9.47 Å². The molecule has 2 aromatic carbocycles. The number of aromatic amines is 1. The molecule has 1 N–H and O–H groups in total. The number of hydrogen-bond donors (Lipinski definition) is 1. The molecule has 0 unspecified atom stereocenters. The van der Waals surface area contributed by atoms with Gasteiger partial charge in [-0.25, -0.2) is 9.18 Å². The summed E-state index contributed by atoms with van der Waals surface area (Å²) in [6.07, 6.45) is 0. The third kappa shape index (κ3) is 3.37. The minimum absolute atomic E-state index is 0.133. The minimum Gasteiger partial charge on any atom is -0.461 e. The number of carbonyl (C=O) groups excluding carboxylic acids is 1. The van der Waals surface area contributed by atoms with Crippen molar-refractivity contribution < 1.29 is 18.7 Å². The van der Waals surface area contributed by atoms with Crippen LogP contribution in [0.4, 0.5) is 4.39 Å². The number of ether oxygens (including phenoxy) is 2. The van der Waals surface area contributed by atoms with Crippen molar-refractivity contribution >= 4 is 32.8 Å². The van der Waals surface area contributed by atoms with Crippen molar-refractivity contribution in [3.63, 3.8) is 0 Å². The smallest absolute Gasteiger partial charge is 0.354 e. The van der Waals surface area contributed by atoms with Gasteiger partial charge in [0.25, 0.3) is 0 Å². The zero-order valence-corrected chi connectivity index (χ0v) is 13.8. The van der Waals surface area contributed by atoms with Gasteiger partial charge in [0.05, 0.1) is 6.61 Å². The summed E-state index contributed by atoms with van der Waals surface area (Å²) in [4.78, 5) is 14.7. The van der Waals surface area contributed by atoms with Crippen molar-refractivity contribution in [2.24, 2.45) is 0 Å². The van der Waals surface area contributed by atoms with E-state index in [0.29, 0.717) is 22.5 Å². The molecule has 118 valence electrons. The summed E-state index contributed by atoms with van der Waals surface area (Å²) >= 11 is 3.20. The summed E-state index contributed by atoms with van der Waals surface area (Å²) in [6, 6.07) is 11.5. The second-order valence-corrected chi connectivity index (χ2v) is 5.75. The molecule has 0 radical (unpaired) electrons. The summed E-state index contributed by atoms with van der Waals surface area (Å²) in [7, 11) is 0. The molecule has 0 aliphatic heterocycles. The van der Waals surface area contributed by atoms with Crippen LogP contribution in [0.3, 0.4) is 0 Å². The Balaban J connectivity index is 1.89. The van der Waals surface area contributed by atoms with E-state index in [1.165, 1.54) is 6.07 Å². The molecule has 6 heteroatoms. The fourth-order valence-electron chi connectivity index (χ4n) is 2.18. The van der Waals surface area contributed by atoms with Crippen LogP contribution in [0.15, 0.2) is 46.9 Å². The standard InChI is InChI=1S/C17H13BrFNO3/c1-2-22-17(21)15-8-10-7-12(4-5-14(10)20-15)23-16-6-3-11(18)9-13(16)19/h3-9,20H,2H2,1H3. The largest absolute Gasteiger partial charge is 0.461 e. The molecule has 3 aromatic rings. The van der Waals surface area contributed by atoms with E-state index in [1.54, 1.807) is 43.3 Å². The highest BCUT2D eigenvalue weighted by Gasteiger charge is 2.11. The summed E-state index contributed by atoms with van der Waals surface area (Å²) < 4.78 is 25.0. The molecular formula is C17H13BrFNO3. The topological polar surface area (TPSA) is 51.3 Å². The van der Waals surface area contributed by atoms with Crippen LogP contribution in [-0.4, -0.2) is 17.6 Å². The first-order valence-electron chi connectivity index (χ1n) is 6.99. The number of rotatable bonds is 4. The van der Waals surface area contributed by atoms with Gasteiger partial charge < -0.3 is 14.5 Å². The first-order chi connectivity index (χ1) is 11.1. The van der Waals surface area contributed by atoms with E-state index >= 15 is 0 Å². The van der Waals surface area contributed by atoms with Gasteiger partial charge >= 0.3 is 5.97 Å². The Labute approximate surface area is 140 Å². The van der Waals surface area contributed by atoms with Gasteiger partial charge in [-0.3, -0.25) is 0 Å². The summed E-state index contributed by atoms with van der Waals surface area (Å²) in [5.74, 6) is -0.257. The van der Waals surface area contributed by atoms with E-state index in [9.17, 15) is 9.18 Å². The van der Waals surface area contributed by atoms with Crippen LogP contribution in [0.5, 0.6) is 11.5 Å². The lowest BCUT2D eigenvalue weighted by Gasteiger charge is -2.07. The van der Waals surface area contributed by atoms with Crippen molar-refractivity contribution in [3.8, 4) is 11.5 Å². The maximum Gasteiger partial charge on any atom is 0.354 e. The van der Waals surface area contributed by atoms with E-state index in [0.717, 1.165) is 10.9 Å². The van der Waals surface area contributed by atoms with Crippen molar-refractivity contribution in [1.82, 2.24) is 4.98 Å². The maximum absolute atomic E-state index is 13.8. The molecule has 0 saturated heterocycles. The third-order valence-electron chi connectivity index (χ3n) is 3.21. The van der Waals surface area contributed by atoms with Gasteiger partial charge in [0.2, 0.25) is 0 Å². The summed E-state index contributed by atoms with van der Waals surface area (Å²) in [5.41, 5.74) is 1.14. The third-order valence-corrected chi connectivity index (χ3v) is 3.70. The number of halogens is 2. The molecule has 0 fully saturated rings. The van der Waals surface area contributed by atoms with E-state index < -0.39 is 11.8 Å². The monoisotopic (exact) mass is 377 g/mol. The first kappa shape index (κ1) is 15.6. The quantitative estimate of drug-likeness (QED) is 0.648. The Hall–Kier alpha value is -2.34. The molecule has 1 aromatic heterocycles. The SMILES string of the molecule is CCOC(=O)c1cc2cc(Oc3ccc(Br)cc3F)ccc2[nH]1. The highest BCUT2D eigenvalue weighted by Crippen LogP contribution is 2.29. The van der Waals surface area contributed by atoms with Crippen LogP contribution < -0.4 is 4.74 Å². The molecule has 0 atom stereocenters. The molecule has 23 heavy (non-hydrogen) atoms. The highest BCUT2D eigenvalue weighted by atomic mass is 79.9. The summed E-state index contributed by atoms with van der Waals surface area (Å²) in [5, 5.41) is 0.781. The lowest BCUT2D eigenvalue weighted by molar-refractivity contribution is 0.0520. The number of H-pyrrole nitrogens is 1. The van der Waals surface area contributed by atoms with E-state index in [2.05, 4.69) is 20.9 Å². The Morgan fingerprint density at radius 2 is 2.04 bits per heavy atom. The minimum atomic E-state index is -0.458. The number of esters is 1. The van der Waals surface area contributed by atoms with Gasteiger partial charge in [-0.2, -0.15) is 0 Å². The fraction of sp³-hybridized carbons (Fsp3) is 0.118. The predicted molar refractivity (Wildman–Crippen MR) is 88.4 cm³/mol. The van der Waals surface area contributed by atoms with Crippen molar-refractivity contribution in [2.45, 2.75) is 6.92 Å². The first-order valence-corrected chi connectivity index (χ1v) is 7.79. The number of hydrogen-bond acceptors (Lipinski definition) is 3. The average molecular weight is 378 g/mol. The lowest BCUT2D eigenvalue weighted by Crippen LogP contribution is -2.04. The molecule has 0 aliphatic rings. The molecule has 0 amide bonds. The number of aromatic nitrogens is 1. The number of benzene rings is 2. The van der Waals surface area contributed by atoms with Crippen LogP contribution in [0.25, 0.3) is 10.9 Å². The Morgan fingerprint density at radius 1 is 1.22 bits per heavy atom. The second-order valence-electron chi connectivity index (χ2n) is 4.83. The van der Waals surface area contributed by atoms with Gasteiger partial charge in [0.15, 0.2) is 11.6 Å². The molecule has 4 nitrogen and oxygen atoms in total. The van der Waals surface area contributed by atoms with Crippen molar-refractivity contribution in [1.29, 1.82) is 0 Å². The van der Waals surface area contributed by atoms with Gasteiger partial charge in [-0.15, -0.1) is 0 Å². The normalized spacial score (nSPS) is 10.7. The predicted octanol–water partition coefficient (Wildman–Crippen LogP) is 5.04. The van der Waals surface area contributed by atoms with Crippen LogP contribution in [0, 0.1) is 5.82 Å². The van der Waals surface area contributed by atoms with Crippen LogP contribution in [-0.2, 0) is 4.74 Å². The Morgan fingerprint density at radius 3 is 2.78 bits per heavy atom. The molecular weight excluding hydrogens is 365 g/mol. The Bertz CT molecular complexity index is 875. The molecule has 0 saturated carbocycles. The van der Waals surface area contributed by atoms with Gasteiger partial charge in [0.1, 0.15) is 11.4 Å². The van der Waals surface area contributed by atoms with Crippen molar-refractivity contribution in [2.75, 3.05) is 6.61 Å². The zero-order chi connectivity index (χ0) is 16.4. The van der Waals surface area contributed by atoms with Crippen LogP contribution in [0.2, 0.25) is 0 Å². The second kappa shape index (κ2) is 6.42. The van der Waals surface area contributed by atoms with E-state index in [1.807, 2.05) is 0 Å². The number of fused-ring (bicyclic) bond motifs is 1. The van der Waals surface area contributed by atoms with Crippen molar-refractivity contribution in [3.05, 3.63) is 58.4 Å². The summed E-state index contributed by atoms with van der Waals surface area (Å²) in [6.45, 7) is 2.06. The zero-order valence-electron chi connectivity index (χ0n) is 12.2. The molecule has 0 bridgehead atoms. The molecule has 1 heterocycles. The number of nitrogens with one attached hydrogen (secondary N) is 1. The number of carbonyl (C=O) groups is 1. The van der Waals surface area contributed by atoms with Gasteiger partial charge in [-0.1, -0.05) is 15.9 Å². The maximum atomic E-state index is 13.8. The fourth-order valence-corrected chi connectivity index (χ4v) is 2.51. The van der Waals surface area contributed by atoms with Gasteiger partial charge in [-0.05, 0) is 49.4 Å². The molecule has 0 spiro atoms. The van der Waals surface area contributed by atoms with Gasteiger partial charge in [0, 0.05) is 15.4 Å². The van der Waals surface area contributed by atoms with Crippen LogP contribution in [0.1, 0.15) is 17.4 Å². The lowest BCUT2D eigenvalue weighted by atomic mass is 10.2. The molecule has 3 rings (SSSR count). The average Bonchev–Trinajstić information content (AvgIpc) is 2.94.